The summed E-state index contributed by atoms with van der Waals surface area (Å²) in [5.74, 6) is -0.131. The van der Waals surface area contributed by atoms with E-state index in [1.807, 2.05) is 12.4 Å². The summed E-state index contributed by atoms with van der Waals surface area (Å²) in [5, 5.41) is 4.18. The maximum absolute atomic E-state index is 11.0. The van der Waals surface area contributed by atoms with Gasteiger partial charge < -0.3 is 15.0 Å². The molecule has 0 spiro atoms. The standard InChI is InChI=1S/C18H28N4O2S/c1-24-17(23)5-3-2-4-8-20-18(25)22-13-11-21(12-14-22)15-16-6-9-19-10-7-16/h6-7,9-10H,2-5,8,11-15H2,1H3,(H,20,25). The normalized spacial score (nSPS) is 15.0. The smallest absolute Gasteiger partial charge is 0.305 e. The van der Waals surface area contributed by atoms with Gasteiger partial charge in [0.2, 0.25) is 0 Å². The van der Waals surface area contributed by atoms with Gasteiger partial charge >= 0.3 is 5.97 Å². The van der Waals surface area contributed by atoms with E-state index in [9.17, 15) is 4.79 Å². The third-order valence-corrected chi connectivity index (χ3v) is 4.78. The largest absolute Gasteiger partial charge is 0.469 e. The molecule has 1 N–H and O–H groups in total. The lowest BCUT2D eigenvalue weighted by molar-refractivity contribution is -0.140. The lowest BCUT2D eigenvalue weighted by Crippen LogP contribution is -2.51. The number of nitrogens with zero attached hydrogens (tertiary/aromatic N) is 3. The quantitative estimate of drug-likeness (QED) is 0.429. The molecule has 0 amide bonds. The van der Waals surface area contributed by atoms with Gasteiger partial charge in [-0.05, 0) is 42.8 Å². The van der Waals surface area contributed by atoms with Crippen molar-refractivity contribution >= 4 is 23.3 Å². The number of carbonyl (C=O) groups excluding carboxylic acids is 1. The number of esters is 1. The van der Waals surface area contributed by atoms with Crippen LogP contribution in [-0.4, -0.2) is 65.7 Å². The summed E-state index contributed by atoms with van der Waals surface area (Å²) in [6.45, 7) is 5.78. The molecule has 2 rings (SSSR count). The Hall–Kier alpha value is -1.73. The molecule has 6 nitrogen and oxygen atoms in total. The maximum Gasteiger partial charge on any atom is 0.305 e. The molecule has 7 heteroatoms. The van der Waals surface area contributed by atoms with Gasteiger partial charge in [0.15, 0.2) is 5.11 Å². The van der Waals surface area contributed by atoms with E-state index in [1.54, 1.807) is 0 Å². The number of rotatable bonds is 8. The molecule has 0 unspecified atom stereocenters. The molecule has 0 radical (unpaired) electrons. The van der Waals surface area contributed by atoms with Gasteiger partial charge in [-0.15, -0.1) is 0 Å². The van der Waals surface area contributed by atoms with Crippen molar-refractivity contribution in [2.45, 2.75) is 32.2 Å². The number of carbonyl (C=O) groups is 1. The number of piperazine rings is 1. The first-order valence-corrected chi connectivity index (χ1v) is 9.30. The molecular formula is C18H28N4O2S. The van der Waals surface area contributed by atoms with Crippen LogP contribution in [0.25, 0.3) is 0 Å². The van der Waals surface area contributed by atoms with Crippen LogP contribution in [0, 0.1) is 0 Å². The maximum atomic E-state index is 11.0. The number of methoxy groups -OCH3 is 1. The summed E-state index contributed by atoms with van der Waals surface area (Å²) in [4.78, 5) is 19.8. The minimum absolute atomic E-state index is 0.131. The third kappa shape index (κ3) is 7.36. The van der Waals surface area contributed by atoms with Crippen LogP contribution in [0.2, 0.25) is 0 Å². The van der Waals surface area contributed by atoms with E-state index in [4.69, 9.17) is 12.2 Å². The first kappa shape index (κ1) is 19.6. The van der Waals surface area contributed by atoms with Crippen LogP contribution >= 0.6 is 12.2 Å². The van der Waals surface area contributed by atoms with Gasteiger partial charge in [0, 0.05) is 58.1 Å². The molecule has 0 bridgehead atoms. The molecule has 1 saturated heterocycles. The Labute approximate surface area is 155 Å². The number of hydrogen-bond donors (Lipinski definition) is 1. The Kier molecular flexibility index (Phi) is 8.62. The highest BCUT2D eigenvalue weighted by Crippen LogP contribution is 2.08. The number of nitrogens with one attached hydrogen (secondary N) is 1. The highest BCUT2D eigenvalue weighted by Gasteiger charge is 2.18. The van der Waals surface area contributed by atoms with Crippen molar-refractivity contribution in [1.82, 2.24) is 20.1 Å². The fourth-order valence-electron chi connectivity index (χ4n) is 2.84. The molecule has 0 aliphatic carbocycles. The van der Waals surface area contributed by atoms with Crippen LogP contribution < -0.4 is 5.32 Å². The van der Waals surface area contributed by atoms with Crippen molar-refractivity contribution in [2.75, 3.05) is 39.8 Å². The van der Waals surface area contributed by atoms with Crippen molar-refractivity contribution in [3.05, 3.63) is 30.1 Å². The number of ether oxygens (including phenoxy) is 1. The fraction of sp³-hybridized carbons (Fsp3) is 0.611. The molecule has 25 heavy (non-hydrogen) atoms. The zero-order valence-corrected chi connectivity index (χ0v) is 15.8. The average molecular weight is 365 g/mol. The molecule has 0 atom stereocenters. The monoisotopic (exact) mass is 364 g/mol. The Morgan fingerprint density at radius 3 is 2.60 bits per heavy atom. The van der Waals surface area contributed by atoms with E-state index >= 15 is 0 Å². The molecule has 0 aromatic carbocycles. The summed E-state index contributed by atoms with van der Waals surface area (Å²) >= 11 is 5.49. The van der Waals surface area contributed by atoms with Crippen LogP contribution in [0.5, 0.6) is 0 Å². The van der Waals surface area contributed by atoms with Gasteiger partial charge in [0.25, 0.3) is 0 Å². The molecule has 1 aromatic rings. The first-order chi connectivity index (χ1) is 12.2. The zero-order chi connectivity index (χ0) is 17.9. The van der Waals surface area contributed by atoms with Crippen molar-refractivity contribution < 1.29 is 9.53 Å². The van der Waals surface area contributed by atoms with Crippen LogP contribution in [0.4, 0.5) is 0 Å². The number of hydrogen-bond acceptors (Lipinski definition) is 5. The number of aromatic nitrogens is 1. The van der Waals surface area contributed by atoms with Gasteiger partial charge in [-0.2, -0.15) is 0 Å². The molecule has 2 heterocycles. The van der Waals surface area contributed by atoms with Crippen LogP contribution in [0.15, 0.2) is 24.5 Å². The topological polar surface area (TPSA) is 57.7 Å². The molecular weight excluding hydrogens is 336 g/mol. The summed E-state index contributed by atoms with van der Waals surface area (Å²) in [6.07, 6.45) is 7.07. The second-order valence-corrected chi connectivity index (χ2v) is 6.62. The predicted molar refractivity (Wildman–Crippen MR) is 102 cm³/mol. The fourth-order valence-corrected chi connectivity index (χ4v) is 3.12. The Balaban J connectivity index is 1.56. The molecule has 1 aromatic heterocycles. The molecule has 1 fully saturated rings. The van der Waals surface area contributed by atoms with E-state index in [-0.39, 0.29) is 5.97 Å². The molecule has 138 valence electrons. The molecule has 0 saturated carbocycles. The van der Waals surface area contributed by atoms with E-state index < -0.39 is 0 Å². The Bertz CT molecular complexity index is 533. The van der Waals surface area contributed by atoms with Gasteiger partial charge in [-0.3, -0.25) is 14.7 Å². The number of unbranched alkanes of at least 4 members (excludes halogenated alkanes) is 2. The number of thiocarbonyl (C=S) groups is 1. The van der Waals surface area contributed by atoms with Gasteiger partial charge in [-0.25, -0.2) is 0 Å². The van der Waals surface area contributed by atoms with Crippen molar-refractivity contribution in [3.63, 3.8) is 0 Å². The van der Waals surface area contributed by atoms with Crippen LogP contribution in [-0.2, 0) is 16.1 Å². The Morgan fingerprint density at radius 1 is 1.20 bits per heavy atom. The molecule has 1 aliphatic rings. The highest BCUT2D eigenvalue weighted by molar-refractivity contribution is 7.80. The minimum Gasteiger partial charge on any atom is -0.469 e. The highest BCUT2D eigenvalue weighted by atomic mass is 32.1. The second-order valence-electron chi connectivity index (χ2n) is 6.24. The molecule has 1 aliphatic heterocycles. The first-order valence-electron chi connectivity index (χ1n) is 8.90. The van der Waals surface area contributed by atoms with E-state index in [2.05, 4.69) is 37.0 Å². The summed E-state index contributed by atoms with van der Waals surface area (Å²) in [5.41, 5.74) is 1.30. The number of pyridine rings is 1. The van der Waals surface area contributed by atoms with Gasteiger partial charge in [0.05, 0.1) is 7.11 Å². The van der Waals surface area contributed by atoms with Crippen LogP contribution in [0.3, 0.4) is 0 Å². The van der Waals surface area contributed by atoms with Gasteiger partial charge in [0.1, 0.15) is 0 Å². The summed E-state index contributed by atoms with van der Waals surface area (Å²) in [6, 6.07) is 4.14. The predicted octanol–water partition coefficient (Wildman–Crippen LogP) is 1.81. The lowest BCUT2D eigenvalue weighted by Gasteiger charge is -2.36. The third-order valence-electron chi connectivity index (χ3n) is 4.38. The van der Waals surface area contributed by atoms with E-state index in [0.29, 0.717) is 6.42 Å². The lowest BCUT2D eigenvalue weighted by atomic mass is 10.2. The van der Waals surface area contributed by atoms with Crippen molar-refractivity contribution in [1.29, 1.82) is 0 Å². The van der Waals surface area contributed by atoms with Crippen molar-refractivity contribution in [2.24, 2.45) is 0 Å². The Morgan fingerprint density at radius 2 is 1.92 bits per heavy atom. The average Bonchev–Trinajstić information content (AvgIpc) is 2.65. The zero-order valence-electron chi connectivity index (χ0n) is 14.9. The van der Waals surface area contributed by atoms with E-state index in [0.717, 1.165) is 63.6 Å². The summed E-state index contributed by atoms with van der Waals surface area (Å²) in [7, 11) is 1.43. The second kappa shape index (κ2) is 11.0. The summed E-state index contributed by atoms with van der Waals surface area (Å²) < 4.78 is 4.63. The van der Waals surface area contributed by atoms with Crippen molar-refractivity contribution in [3.8, 4) is 0 Å². The van der Waals surface area contributed by atoms with E-state index in [1.165, 1.54) is 12.7 Å². The van der Waals surface area contributed by atoms with Crippen LogP contribution in [0.1, 0.15) is 31.2 Å². The van der Waals surface area contributed by atoms with Gasteiger partial charge in [-0.1, -0.05) is 6.42 Å². The SMILES string of the molecule is COC(=O)CCCCCNC(=S)N1CCN(Cc2ccncc2)CC1. The minimum atomic E-state index is -0.131.